The molecule has 2 N–H and O–H groups in total. The van der Waals surface area contributed by atoms with Crippen LogP contribution in [0.4, 0.5) is 0 Å². The number of carboxylic acids is 1. The average Bonchev–Trinajstić information content (AvgIpc) is 2.52. The van der Waals surface area contributed by atoms with E-state index in [-0.39, 0.29) is 25.0 Å². The van der Waals surface area contributed by atoms with E-state index in [4.69, 9.17) is 9.84 Å². The fraction of sp³-hybridized carbons (Fsp3) is 0.312. The van der Waals surface area contributed by atoms with Crippen LogP contribution in [0.3, 0.4) is 0 Å². The summed E-state index contributed by atoms with van der Waals surface area (Å²) < 4.78 is 5.56. The van der Waals surface area contributed by atoms with E-state index in [2.05, 4.69) is 16.9 Å². The topological polar surface area (TPSA) is 92.3 Å². The van der Waals surface area contributed by atoms with Crippen LogP contribution in [0.25, 0.3) is 0 Å². The smallest absolute Gasteiger partial charge is 0.303 e. The first-order chi connectivity index (χ1) is 10.6. The van der Waals surface area contributed by atoms with Gasteiger partial charge >= 0.3 is 5.97 Å². The van der Waals surface area contributed by atoms with Gasteiger partial charge in [-0.25, -0.2) is 4.98 Å². The molecule has 1 heterocycles. The van der Waals surface area contributed by atoms with Gasteiger partial charge in [0.15, 0.2) is 0 Å². The fourth-order valence-corrected chi connectivity index (χ4v) is 1.92. The largest absolute Gasteiger partial charge is 0.486 e. The molecule has 0 aliphatic rings. The van der Waals surface area contributed by atoms with Crippen LogP contribution < -0.4 is 10.3 Å². The molecule has 0 radical (unpaired) electrons. The maximum Gasteiger partial charge on any atom is 0.303 e. The summed E-state index contributed by atoms with van der Waals surface area (Å²) in [5.41, 5.74) is 1.26. The van der Waals surface area contributed by atoms with Gasteiger partial charge in [-0.3, -0.25) is 9.59 Å². The summed E-state index contributed by atoms with van der Waals surface area (Å²) in [6.45, 7) is 2.23. The molecule has 0 atom stereocenters. The number of rotatable bonds is 7. The number of carboxylic acid groups (broad SMARTS) is 1. The van der Waals surface area contributed by atoms with Crippen LogP contribution in [0.2, 0.25) is 0 Å². The monoisotopic (exact) mass is 302 g/mol. The lowest BCUT2D eigenvalue weighted by molar-refractivity contribution is -0.136. The van der Waals surface area contributed by atoms with Crippen molar-refractivity contribution in [3.05, 3.63) is 57.8 Å². The number of aromatic nitrogens is 2. The van der Waals surface area contributed by atoms with Crippen LogP contribution in [-0.2, 0) is 24.2 Å². The van der Waals surface area contributed by atoms with Crippen molar-refractivity contribution in [1.29, 1.82) is 0 Å². The maximum absolute atomic E-state index is 11.8. The Morgan fingerprint density at radius 1 is 1.32 bits per heavy atom. The predicted molar refractivity (Wildman–Crippen MR) is 81.0 cm³/mol. The van der Waals surface area contributed by atoms with Gasteiger partial charge in [-0.2, -0.15) is 0 Å². The molecular weight excluding hydrogens is 284 g/mol. The Morgan fingerprint density at radius 2 is 2.05 bits per heavy atom. The van der Waals surface area contributed by atoms with Crippen LogP contribution in [0.15, 0.2) is 35.3 Å². The summed E-state index contributed by atoms with van der Waals surface area (Å²) in [5, 5.41) is 8.62. The van der Waals surface area contributed by atoms with E-state index in [1.54, 1.807) is 0 Å². The third-order valence-electron chi connectivity index (χ3n) is 3.24. The Hall–Kier alpha value is -2.63. The second kappa shape index (κ2) is 7.40. The standard InChI is InChI=1S/C16H18N2O4/c1-2-11-3-6-13(7-4-11)22-10-14-17-9-12(16(21)18-14)5-8-15(19)20/h3-4,6-7,9H,2,5,8,10H2,1H3,(H,19,20)(H,17,18,21). The van der Waals surface area contributed by atoms with E-state index in [1.807, 2.05) is 24.3 Å². The number of aryl methyl sites for hydroxylation is 2. The Balaban J connectivity index is 1.96. The molecule has 6 heteroatoms. The normalized spacial score (nSPS) is 10.4. The number of benzene rings is 1. The number of hydrogen-bond acceptors (Lipinski definition) is 4. The summed E-state index contributed by atoms with van der Waals surface area (Å²) in [5.74, 6) is 0.167. The number of hydrogen-bond donors (Lipinski definition) is 2. The van der Waals surface area contributed by atoms with Gasteiger partial charge in [0.05, 0.1) is 0 Å². The zero-order valence-corrected chi connectivity index (χ0v) is 12.3. The molecule has 0 aliphatic heterocycles. The Bertz CT molecular complexity index is 692. The number of ether oxygens (including phenoxy) is 1. The minimum atomic E-state index is -0.942. The number of nitrogens with zero attached hydrogens (tertiary/aromatic N) is 1. The second-order valence-electron chi connectivity index (χ2n) is 4.86. The molecule has 1 aromatic heterocycles. The molecule has 0 saturated carbocycles. The zero-order chi connectivity index (χ0) is 15.9. The molecule has 116 valence electrons. The molecular formula is C16H18N2O4. The lowest BCUT2D eigenvalue weighted by atomic mass is 10.2. The third-order valence-corrected chi connectivity index (χ3v) is 3.24. The van der Waals surface area contributed by atoms with Crippen LogP contribution in [0, 0.1) is 0 Å². The molecule has 2 rings (SSSR count). The van der Waals surface area contributed by atoms with Crippen molar-refractivity contribution in [2.45, 2.75) is 32.8 Å². The molecule has 2 aromatic rings. The number of carbonyl (C=O) groups is 1. The number of aliphatic carboxylic acids is 1. The fourth-order valence-electron chi connectivity index (χ4n) is 1.92. The van der Waals surface area contributed by atoms with Crippen LogP contribution in [0.1, 0.15) is 30.3 Å². The van der Waals surface area contributed by atoms with Gasteiger partial charge in [0, 0.05) is 18.2 Å². The van der Waals surface area contributed by atoms with Gasteiger partial charge in [0.1, 0.15) is 18.2 Å². The molecule has 0 spiro atoms. The van der Waals surface area contributed by atoms with Crippen molar-refractivity contribution >= 4 is 5.97 Å². The van der Waals surface area contributed by atoms with Crippen molar-refractivity contribution in [1.82, 2.24) is 9.97 Å². The van der Waals surface area contributed by atoms with Crippen molar-refractivity contribution in [2.24, 2.45) is 0 Å². The lowest BCUT2D eigenvalue weighted by Gasteiger charge is -2.07. The van der Waals surface area contributed by atoms with E-state index >= 15 is 0 Å². The molecule has 0 saturated heterocycles. The van der Waals surface area contributed by atoms with Gasteiger partial charge in [0.25, 0.3) is 5.56 Å². The van der Waals surface area contributed by atoms with Gasteiger partial charge < -0.3 is 14.8 Å². The third kappa shape index (κ3) is 4.44. The molecule has 0 aliphatic carbocycles. The highest BCUT2D eigenvalue weighted by molar-refractivity contribution is 5.67. The SMILES string of the molecule is CCc1ccc(OCc2ncc(CCC(=O)O)c(=O)[nH]2)cc1. The summed E-state index contributed by atoms with van der Waals surface area (Å²) in [6.07, 6.45) is 2.44. The molecule has 6 nitrogen and oxygen atoms in total. The Kier molecular flexibility index (Phi) is 5.30. The molecule has 1 aromatic carbocycles. The Labute approximate surface area is 127 Å². The van der Waals surface area contributed by atoms with Crippen LogP contribution in [-0.4, -0.2) is 21.0 Å². The Morgan fingerprint density at radius 3 is 2.64 bits per heavy atom. The van der Waals surface area contributed by atoms with E-state index in [0.29, 0.717) is 17.1 Å². The highest BCUT2D eigenvalue weighted by atomic mass is 16.5. The highest BCUT2D eigenvalue weighted by Gasteiger charge is 2.06. The van der Waals surface area contributed by atoms with Gasteiger partial charge in [-0.15, -0.1) is 0 Å². The first-order valence-electron chi connectivity index (χ1n) is 7.09. The van der Waals surface area contributed by atoms with E-state index in [9.17, 15) is 9.59 Å². The molecule has 0 bridgehead atoms. The summed E-state index contributed by atoms with van der Waals surface area (Å²) in [7, 11) is 0. The average molecular weight is 302 g/mol. The van der Waals surface area contributed by atoms with Gasteiger partial charge in [-0.1, -0.05) is 19.1 Å². The second-order valence-corrected chi connectivity index (χ2v) is 4.86. The minimum Gasteiger partial charge on any atom is -0.486 e. The lowest BCUT2D eigenvalue weighted by Crippen LogP contribution is -2.18. The molecule has 0 unspecified atom stereocenters. The highest BCUT2D eigenvalue weighted by Crippen LogP contribution is 2.13. The summed E-state index contributed by atoms with van der Waals surface area (Å²) >= 11 is 0. The first kappa shape index (κ1) is 15.8. The molecule has 22 heavy (non-hydrogen) atoms. The minimum absolute atomic E-state index is 0.0929. The van der Waals surface area contributed by atoms with Crippen molar-refractivity contribution in [2.75, 3.05) is 0 Å². The molecule has 0 amide bonds. The van der Waals surface area contributed by atoms with E-state index in [0.717, 1.165) is 6.42 Å². The number of H-pyrrole nitrogens is 1. The van der Waals surface area contributed by atoms with Crippen molar-refractivity contribution < 1.29 is 14.6 Å². The predicted octanol–water partition coefficient (Wildman–Crippen LogP) is 1.93. The summed E-state index contributed by atoms with van der Waals surface area (Å²) in [6, 6.07) is 7.72. The van der Waals surface area contributed by atoms with Crippen LogP contribution in [0.5, 0.6) is 5.75 Å². The summed E-state index contributed by atoms with van der Waals surface area (Å²) in [4.78, 5) is 29.0. The van der Waals surface area contributed by atoms with Gasteiger partial charge in [-0.05, 0) is 30.5 Å². The maximum atomic E-state index is 11.8. The number of aromatic amines is 1. The quantitative estimate of drug-likeness (QED) is 0.815. The first-order valence-corrected chi connectivity index (χ1v) is 7.09. The van der Waals surface area contributed by atoms with E-state index in [1.165, 1.54) is 11.8 Å². The zero-order valence-electron chi connectivity index (χ0n) is 12.3. The van der Waals surface area contributed by atoms with Crippen molar-refractivity contribution in [3.8, 4) is 5.75 Å². The number of nitrogens with one attached hydrogen (secondary N) is 1. The van der Waals surface area contributed by atoms with Crippen molar-refractivity contribution in [3.63, 3.8) is 0 Å². The van der Waals surface area contributed by atoms with Crippen LogP contribution >= 0.6 is 0 Å². The molecule has 0 fully saturated rings. The van der Waals surface area contributed by atoms with E-state index < -0.39 is 5.97 Å². The van der Waals surface area contributed by atoms with Gasteiger partial charge in [0.2, 0.25) is 0 Å².